The first kappa shape index (κ1) is 8.66. The number of hydrogen-bond donors (Lipinski definition) is 2. The first-order valence-corrected chi connectivity index (χ1v) is 4.70. The number of aliphatic hydroxyl groups is 1. The molecule has 1 aromatic rings. The molecular weight excluding hydrogens is 164 g/mol. The van der Waals surface area contributed by atoms with Gasteiger partial charge in [-0.15, -0.1) is 0 Å². The summed E-state index contributed by atoms with van der Waals surface area (Å²) in [6.45, 7) is 0.971. The van der Waals surface area contributed by atoms with Gasteiger partial charge < -0.3 is 10.4 Å². The summed E-state index contributed by atoms with van der Waals surface area (Å²) in [5, 5.41) is 13.0. The van der Waals surface area contributed by atoms with Crippen LogP contribution in [0, 0.1) is 0 Å². The smallest absolute Gasteiger partial charge is 0.0758 e. The molecule has 2 atom stereocenters. The lowest BCUT2D eigenvalue weighted by Crippen LogP contribution is -2.38. The minimum absolute atomic E-state index is 0.0231. The van der Waals surface area contributed by atoms with Crippen molar-refractivity contribution in [1.29, 1.82) is 0 Å². The fourth-order valence-electron chi connectivity index (χ4n) is 1.73. The molecule has 0 aromatic carbocycles. The molecule has 0 radical (unpaired) electrons. The van der Waals surface area contributed by atoms with E-state index in [0.29, 0.717) is 0 Å². The quantitative estimate of drug-likeness (QED) is 0.670. The monoisotopic (exact) mass is 178 g/mol. The molecule has 3 heteroatoms. The van der Waals surface area contributed by atoms with Crippen molar-refractivity contribution in [3.63, 3.8) is 0 Å². The molecule has 2 unspecified atom stereocenters. The van der Waals surface area contributed by atoms with E-state index < -0.39 is 0 Å². The van der Waals surface area contributed by atoms with Crippen LogP contribution in [0.3, 0.4) is 0 Å². The summed E-state index contributed by atoms with van der Waals surface area (Å²) >= 11 is 0. The van der Waals surface area contributed by atoms with Crippen LogP contribution >= 0.6 is 0 Å². The summed E-state index contributed by atoms with van der Waals surface area (Å²) in [5.74, 6) is 0. The van der Waals surface area contributed by atoms with Gasteiger partial charge in [-0.25, -0.2) is 0 Å². The van der Waals surface area contributed by atoms with Gasteiger partial charge in [0.2, 0.25) is 0 Å². The molecule has 2 rings (SSSR count). The van der Waals surface area contributed by atoms with Crippen LogP contribution in [0.1, 0.15) is 24.6 Å². The lowest BCUT2D eigenvalue weighted by atomic mass is 9.98. The van der Waals surface area contributed by atoms with Crippen LogP contribution < -0.4 is 5.32 Å². The zero-order valence-corrected chi connectivity index (χ0v) is 7.48. The molecule has 0 spiro atoms. The molecule has 70 valence electrons. The second kappa shape index (κ2) is 3.85. The Bertz CT molecular complexity index is 263. The Morgan fingerprint density at radius 3 is 3.08 bits per heavy atom. The van der Waals surface area contributed by atoms with Gasteiger partial charge in [0, 0.05) is 6.20 Å². The number of aromatic nitrogens is 1. The van der Waals surface area contributed by atoms with E-state index in [4.69, 9.17) is 0 Å². The van der Waals surface area contributed by atoms with E-state index >= 15 is 0 Å². The second-order valence-electron chi connectivity index (χ2n) is 3.40. The van der Waals surface area contributed by atoms with E-state index in [9.17, 15) is 5.11 Å². The fraction of sp³-hybridized carbons (Fsp3) is 0.500. The first-order chi connectivity index (χ1) is 6.38. The third-order valence-electron chi connectivity index (χ3n) is 2.43. The van der Waals surface area contributed by atoms with Gasteiger partial charge >= 0.3 is 0 Å². The summed E-state index contributed by atoms with van der Waals surface area (Å²) < 4.78 is 0. The maximum absolute atomic E-state index is 9.72. The van der Waals surface area contributed by atoms with Crippen molar-refractivity contribution in [2.45, 2.75) is 25.0 Å². The third kappa shape index (κ3) is 1.87. The highest BCUT2D eigenvalue weighted by Gasteiger charge is 2.24. The van der Waals surface area contributed by atoms with Crippen LogP contribution in [-0.2, 0) is 0 Å². The lowest BCUT2D eigenvalue weighted by molar-refractivity contribution is 0.0947. The van der Waals surface area contributed by atoms with Gasteiger partial charge in [0.05, 0.1) is 17.8 Å². The summed E-state index contributed by atoms with van der Waals surface area (Å²) in [5.41, 5.74) is 0.940. The maximum Gasteiger partial charge on any atom is 0.0758 e. The number of hydrogen-bond acceptors (Lipinski definition) is 3. The molecule has 1 aliphatic heterocycles. The van der Waals surface area contributed by atoms with Gasteiger partial charge in [-0.05, 0) is 31.5 Å². The van der Waals surface area contributed by atoms with Crippen molar-refractivity contribution in [2.75, 3.05) is 6.54 Å². The Kier molecular flexibility index (Phi) is 2.57. The van der Waals surface area contributed by atoms with Crippen LogP contribution in [0.5, 0.6) is 0 Å². The van der Waals surface area contributed by atoms with E-state index in [2.05, 4.69) is 10.3 Å². The third-order valence-corrected chi connectivity index (χ3v) is 2.43. The number of piperidine rings is 1. The molecule has 2 heterocycles. The van der Waals surface area contributed by atoms with Crippen LogP contribution in [-0.4, -0.2) is 22.7 Å². The lowest BCUT2D eigenvalue weighted by Gasteiger charge is -2.28. The van der Waals surface area contributed by atoms with Gasteiger partial charge in [-0.1, -0.05) is 6.07 Å². The highest BCUT2D eigenvalue weighted by atomic mass is 16.3. The number of rotatable bonds is 1. The topological polar surface area (TPSA) is 45.1 Å². The summed E-state index contributed by atoms with van der Waals surface area (Å²) in [4.78, 5) is 4.23. The molecule has 2 N–H and O–H groups in total. The molecule has 0 amide bonds. The minimum atomic E-state index is -0.288. The average molecular weight is 178 g/mol. The Labute approximate surface area is 77.8 Å². The van der Waals surface area contributed by atoms with Crippen LogP contribution in [0.4, 0.5) is 0 Å². The Balaban J connectivity index is 2.15. The fourth-order valence-corrected chi connectivity index (χ4v) is 1.73. The molecule has 0 saturated carbocycles. The minimum Gasteiger partial charge on any atom is -0.391 e. The summed E-state index contributed by atoms with van der Waals surface area (Å²) in [6, 6.07) is 5.81. The van der Waals surface area contributed by atoms with Crippen molar-refractivity contribution >= 4 is 0 Å². The Hall–Kier alpha value is -0.930. The van der Waals surface area contributed by atoms with Gasteiger partial charge in [0.25, 0.3) is 0 Å². The molecule has 0 bridgehead atoms. The molecule has 1 aliphatic rings. The van der Waals surface area contributed by atoms with Gasteiger partial charge in [-0.3, -0.25) is 4.98 Å². The number of nitrogens with zero attached hydrogens (tertiary/aromatic N) is 1. The van der Waals surface area contributed by atoms with E-state index in [1.54, 1.807) is 6.20 Å². The predicted octanol–water partition coefficient (Wildman–Crippen LogP) is 0.867. The molecule has 1 saturated heterocycles. The van der Waals surface area contributed by atoms with Crippen molar-refractivity contribution in [1.82, 2.24) is 10.3 Å². The predicted molar refractivity (Wildman–Crippen MR) is 50.2 cm³/mol. The highest BCUT2D eigenvalue weighted by molar-refractivity contribution is 5.11. The average Bonchev–Trinajstić information content (AvgIpc) is 2.20. The maximum atomic E-state index is 9.72. The van der Waals surface area contributed by atoms with Crippen molar-refractivity contribution in [3.8, 4) is 0 Å². The molecule has 1 aromatic heterocycles. The van der Waals surface area contributed by atoms with Gasteiger partial charge in [-0.2, -0.15) is 0 Å². The second-order valence-corrected chi connectivity index (χ2v) is 3.40. The number of pyridine rings is 1. The van der Waals surface area contributed by atoms with Crippen molar-refractivity contribution < 1.29 is 5.11 Å². The van der Waals surface area contributed by atoms with Crippen LogP contribution in [0.25, 0.3) is 0 Å². The van der Waals surface area contributed by atoms with Gasteiger partial charge in [0.15, 0.2) is 0 Å². The SMILES string of the molecule is OC1CCCNC1c1ccccn1. The Morgan fingerprint density at radius 1 is 1.46 bits per heavy atom. The number of nitrogens with one attached hydrogen (secondary N) is 1. The first-order valence-electron chi connectivity index (χ1n) is 4.70. The molecule has 1 fully saturated rings. The zero-order chi connectivity index (χ0) is 9.10. The van der Waals surface area contributed by atoms with Crippen LogP contribution in [0.2, 0.25) is 0 Å². The zero-order valence-electron chi connectivity index (χ0n) is 7.48. The number of aliphatic hydroxyl groups excluding tert-OH is 1. The molecule has 13 heavy (non-hydrogen) atoms. The normalized spacial score (nSPS) is 28.7. The largest absolute Gasteiger partial charge is 0.391 e. The molecular formula is C10H14N2O. The molecule has 0 aliphatic carbocycles. The standard InChI is InChI=1S/C10H14N2O/c13-9-5-3-7-12-10(9)8-4-1-2-6-11-8/h1-2,4,6,9-10,12-13H,3,5,7H2. The van der Waals surface area contributed by atoms with Gasteiger partial charge in [0.1, 0.15) is 0 Å². The van der Waals surface area contributed by atoms with Crippen molar-refractivity contribution in [3.05, 3.63) is 30.1 Å². The van der Waals surface area contributed by atoms with Crippen molar-refractivity contribution in [2.24, 2.45) is 0 Å². The summed E-state index contributed by atoms with van der Waals surface area (Å²) in [7, 11) is 0. The van der Waals surface area contributed by atoms with E-state index in [1.165, 1.54) is 0 Å². The van der Waals surface area contributed by atoms with Crippen LogP contribution in [0.15, 0.2) is 24.4 Å². The van der Waals surface area contributed by atoms with E-state index in [0.717, 1.165) is 25.1 Å². The van der Waals surface area contributed by atoms with E-state index in [-0.39, 0.29) is 12.1 Å². The highest BCUT2D eigenvalue weighted by Crippen LogP contribution is 2.21. The Morgan fingerprint density at radius 2 is 2.38 bits per heavy atom. The van der Waals surface area contributed by atoms with E-state index in [1.807, 2.05) is 18.2 Å². The summed E-state index contributed by atoms with van der Waals surface area (Å²) in [6.07, 6.45) is 3.39. The molecule has 3 nitrogen and oxygen atoms in total.